The van der Waals surface area contributed by atoms with E-state index in [1.165, 1.54) is 28.1 Å². The Hall–Kier alpha value is -1.19. The molecule has 0 radical (unpaired) electrons. The molecule has 0 fully saturated rings. The highest BCUT2D eigenvalue weighted by molar-refractivity contribution is 7.15. The van der Waals surface area contributed by atoms with Gasteiger partial charge in [0, 0.05) is 17.0 Å². The van der Waals surface area contributed by atoms with E-state index >= 15 is 0 Å². The molecule has 2 aromatic rings. The molecule has 114 valence electrons. The summed E-state index contributed by atoms with van der Waals surface area (Å²) >= 11 is 1.85. The topological polar surface area (TPSA) is 24.9 Å². The maximum atomic E-state index is 4.94. The predicted octanol–water partition coefficient (Wildman–Crippen LogP) is 4.82. The molecule has 0 aliphatic heterocycles. The summed E-state index contributed by atoms with van der Waals surface area (Å²) in [5.41, 5.74) is 3.85. The Morgan fingerprint density at radius 1 is 1.24 bits per heavy atom. The van der Waals surface area contributed by atoms with E-state index in [1.54, 1.807) is 0 Å². The zero-order valence-corrected chi connectivity index (χ0v) is 14.4. The van der Waals surface area contributed by atoms with E-state index in [0.717, 1.165) is 24.5 Å². The smallest absolute Gasteiger partial charge is 0.124 e. The number of nitrogens with zero attached hydrogens (tertiary/aromatic N) is 1. The Labute approximate surface area is 132 Å². The Morgan fingerprint density at radius 3 is 2.67 bits per heavy atom. The van der Waals surface area contributed by atoms with Crippen LogP contribution in [0.2, 0.25) is 0 Å². The van der Waals surface area contributed by atoms with Gasteiger partial charge in [0.25, 0.3) is 0 Å². The quantitative estimate of drug-likeness (QED) is 0.742. The zero-order valence-electron chi connectivity index (χ0n) is 13.6. The number of aryl methyl sites for hydroxylation is 1. The van der Waals surface area contributed by atoms with Crippen LogP contribution in [0, 0.1) is 12.8 Å². The Kier molecular flexibility index (Phi) is 5.95. The number of aromatic nitrogens is 1. The maximum absolute atomic E-state index is 4.94. The van der Waals surface area contributed by atoms with Crippen LogP contribution in [0.15, 0.2) is 24.3 Å². The molecule has 0 saturated carbocycles. The highest BCUT2D eigenvalue weighted by atomic mass is 32.1. The third kappa shape index (κ3) is 4.39. The number of hydrogen-bond acceptors (Lipinski definition) is 3. The van der Waals surface area contributed by atoms with Gasteiger partial charge in [-0.25, -0.2) is 4.98 Å². The molecule has 1 heterocycles. The lowest BCUT2D eigenvalue weighted by Crippen LogP contribution is -2.14. The van der Waals surface area contributed by atoms with Gasteiger partial charge in [-0.15, -0.1) is 11.3 Å². The van der Waals surface area contributed by atoms with Crippen LogP contribution < -0.4 is 5.32 Å². The molecule has 2 rings (SSSR count). The van der Waals surface area contributed by atoms with Crippen molar-refractivity contribution < 1.29 is 0 Å². The van der Waals surface area contributed by atoms with Crippen LogP contribution in [-0.2, 0) is 13.0 Å². The molecule has 2 nitrogen and oxygen atoms in total. The van der Waals surface area contributed by atoms with E-state index in [2.05, 4.69) is 57.3 Å². The minimum absolute atomic E-state index is 0.641. The molecule has 0 aliphatic rings. The van der Waals surface area contributed by atoms with Crippen LogP contribution in [0.25, 0.3) is 10.6 Å². The summed E-state index contributed by atoms with van der Waals surface area (Å²) in [4.78, 5) is 6.34. The first-order valence-corrected chi connectivity index (χ1v) is 8.68. The highest BCUT2D eigenvalue weighted by Gasteiger charge is 2.14. The van der Waals surface area contributed by atoms with E-state index in [1.807, 2.05) is 11.3 Å². The van der Waals surface area contributed by atoms with Crippen molar-refractivity contribution in [2.45, 2.75) is 47.1 Å². The first kappa shape index (κ1) is 16.2. The SMILES string of the molecule is CCCNCc1sc(-c2ccccc2C)nc1CC(C)C. The molecule has 1 aromatic heterocycles. The number of thiazole rings is 1. The Bertz CT molecular complexity index is 572. The summed E-state index contributed by atoms with van der Waals surface area (Å²) in [6.45, 7) is 10.9. The largest absolute Gasteiger partial charge is 0.312 e. The molecule has 0 spiro atoms. The summed E-state index contributed by atoms with van der Waals surface area (Å²) in [6, 6.07) is 8.52. The number of hydrogen-bond donors (Lipinski definition) is 1. The average Bonchev–Trinajstić information content (AvgIpc) is 2.82. The molecule has 1 aromatic carbocycles. The van der Waals surface area contributed by atoms with Gasteiger partial charge in [-0.05, 0) is 37.8 Å². The van der Waals surface area contributed by atoms with Gasteiger partial charge in [-0.1, -0.05) is 45.0 Å². The van der Waals surface area contributed by atoms with Crippen molar-refractivity contribution in [1.29, 1.82) is 0 Å². The number of benzene rings is 1. The van der Waals surface area contributed by atoms with Crippen molar-refractivity contribution in [3.8, 4) is 10.6 Å². The highest BCUT2D eigenvalue weighted by Crippen LogP contribution is 2.31. The van der Waals surface area contributed by atoms with Gasteiger partial charge in [0.05, 0.1) is 5.69 Å². The van der Waals surface area contributed by atoms with Gasteiger partial charge in [0.15, 0.2) is 0 Å². The number of nitrogens with one attached hydrogen (secondary N) is 1. The molecular weight excluding hydrogens is 276 g/mol. The fourth-order valence-corrected chi connectivity index (χ4v) is 3.52. The van der Waals surface area contributed by atoms with Crippen LogP contribution in [0.4, 0.5) is 0 Å². The van der Waals surface area contributed by atoms with Gasteiger partial charge in [0.1, 0.15) is 5.01 Å². The maximum Gasteiger partial charge on any atom is 0.124 e. The lowest BCUT2D eigenvalue weighted by molar-refractivity contribution is 0.623. The fourth-order valence-electron chi connectivity index (χ4n) is 2.37. The van der Waals surface area contributed by atoms with E-state index in [-0.39, 0.29) is 0 Å². The van der Waals surface area contributed by atoms with Crippen molar-refractivity contribution in [3.63, 3.8) is 0 Å². The van der Waals surface area contributed by atoms with Crippen molar-refractivity contribution in [1.82, 2.24) is 10.3 Å². The Balaban J connectivity index is 2.28. The molecule has 0 bridgehead atoms. The zero-order chi connectivity index (χ0) is 15.2. The molecular formula is C18H26N2S. The van der Waals surface area contributed by atoms with E-state index in [0.29, 0.717) is 5.92 Å². The van der Waals surface area contributed by atoms with E-state index in [4.69, 9.17) is 4.98 Å². The number of rotatable bonds is 7. The second kappa shape index (κ2) is 7.71. The van der Waals surface area contributed by atoms with Gasteiger partial charge in [0.2, 0.25) is 0 Å². The second-order valence-corrected chi connectivity index (χ2v) is 7.06. The normalized spacial score (nSPS) is 11.3. The van der Waals surface area contributed by atoms with Crippen LogP contribution in [0.1, 0.15) is 43.3 Å². The van der Waals surface area contributed by atoms with Gasteiger partial charge >= 0.3 is 0 Å². The third-order valence-corrected chi connectivity index (χ3v) is 4.60. The van der Waals surface area contributed by atoms with Gasteiger partial charge in [-0.2, -0.15) is 0 Å². The first-order valence-electron chi connectivity index (χ1n) is 7.87. The minimum atomic E-state index is 0.641. The molecule has 0 atom stereocenters. The van der Waals surface area contributed by atoms with Crippen LogP contribution in [-0.4, -0.2) is 11.5 Å². The second-order valence-electron chi connectivity index (χ2n) is 5.98. The lowest BCUT2D eigenvalue weighted by Gasteiger charge is -2.05. The van der Waals surface area contributed by atoms with Crippen molar-refractivity contribution in [2.24, 2.45) is 5.92 Å². The molecule has 0 amide bonds. The summed E-state index contributed by atoms with van der Waals surface area (Å²) in [7, 11) is 0. The molecule has 0 aliphatic carbocycles. The van der Waals surface area contributed by atoms with Crippen LogP contribution in [0.3, 0.4) is 0 Å². The lowest BCUT2D eigenvalue weighted by atomic mass is 10.1. The van der Waals surface area contributed by atoms with Crippen LogP contribution in [0.5, 0.6) is 0 Å². The molecule has 21 heavy (non-hydrogen) atoms. The summed E-state index contributed by atoms with van der Waals surface area (Å²) in [5.74, 6) is 0.641. The molecule has 3 heteroatoms. The first-order chi connectivity index (χ1) is 10.1. The third-order valence-electron chi connectivity index (χ3n) is 3.47. The van der Waals surface area contributed by atoms with E-state index < -0.39 is 0 Å². The summed E-state index contributed by atoms with van der Waals surface area (Å²) < 4.78 is 0. The summed E-state index contributed by atoms with van der Waals surface area (Å²) in [5, 5.41) is 4.68. The molecule has 0 unspecified atom stereocenters. The average molecular weight is 302 g/mol. The molecule has 1 N–H and O–H groups in total. The van der Waals surface area contributed by atoms with Crippen molar-refractivity contribution in [3.05, 3.63) is 40.4 Å². The van der Waals surface area contributed by atoms with Crippen LogP contribution >= 0.6 is 11.3 Å². The van der Waals surface area contributed by atoms with Gasteiger partial charge < -0.3 is 5.32 Å². The van der Waals surface area contributed by atoms with Crippen molar-refractivity contribution in [2.75, 3.05) is 6.54 Å². The molecule has 0 saturated heterocycles. The van der Waals surface area contributed by atoms with Gasteiger partial charge in [-0.3, -0.25) is 0 Å². The standard InChI is InChI=1S/C18H26N2S/c1-5-10-19-12-17-16(11-13(2)3)20-18(21-17)15-9-7-6-8-14(15)4/h6-9,13,19H,5,10-12H2,1-4H3. The predicted molar refractivity (Wildman–Crippen MR) is 92.8 cm³/mol. The Morgan fingerprint density at radius 2 is 2.00 bits per heavy atom. The van der Waals surface area contributed by atoms with E-state index in [9.17, 15) is 0 Å². The van der Waals surface area contributed by atoms with Crippen molar-refractivity contribution >= 4 is 11.3 Å². The fraction of sp³-hybridized carbons (Fsp3) is 0.500. The minimum Gasteiger partial charge on any atom is -0.312 e. The monoisotopic (exact) mass is 302 g/mol. The summed E-state index contributed by atoms with van der Waals surface area (Å²) in [6.07, 6.45) is 2.23.